The monoisotopic (exact) mass is 216 g/mol. The number of esters is 1. The first kappa shape index (κ1) is 11.8. The van der Waals surface area contributed by atoms with Crippen molar-refractivity contribution < 1.29 is 19.4 Å². The normalized spacial score (nSPS) is 25.7. The van der Waals surface area contributed by atoms with E-state index in [0.717, 1.165) is 4.90 Å². The van der Waals surface area contributed by atoms with Gasteiger partial charge in [-0.1, -0.05) is 0 Å². The molecule has 1 aliphatic heterocycles. The van der Waals surface area contributed by atoms with Crippen molar-refractivity contribution in [2.45, 2.75) is 18.5 Å². The number of amides is 1. The number of hydrogen-bond acceptors (Lipinski definition) is 4. The van der Waals surface area contributed by atoms with Crippen molar-refractivity contribution in [1.29, 1.82) is 0 Å². The highest BCUT2D eigenvalue weighted by molar-refractivity contribution is 5.81. The molecule has 6 heteroatoms. The van der Waals surface area contributed by atoms with Crippen LogP contribution in [0.25, 0.3) is 0 Å². The lowest BCUT2D eigenvalue weighted by atomic mass is 10.1. The summed E-state index contributed by atoms with van der Waals surface area (Å²) in [5.41, 5.74) is 0. The van der Waals surface area contributed by atoms with E-state index in [1.807, 2.05) is 19.0 Å². The fourth-order valence-corrected chi connectivity index (χ4v) is 1.76. The van der Waals surface area contributed by atoms with E-state index >= 15 is 0 Å². The molecule has 1 rings (SSSR count). The Hall–Kier alpha value is -1.30. The van der Waals surface area contributed by atoms with Gasteiger partial charge in [-0.15, -0.1) is 0 Å². The Morgan fingerprint density at radius 1 is 1.47 bits per heavy atom. The van der Waals surface area contributed by atoms with Gasteiger partial charge < -0.3 is 14.7 Å². The molecule has 1 aliphatic rings. The summed E-state index contributed by atoms with van der Waals surface area (Å²) in [6.45, 7) is 0.349. The van der Waals surface area contributed by atoms with Crippen LogP contribution in [0.3, 0.4) is 0 Å². The quantitative estimate of drug-likeness (QED) is 0.650. The maximum atomic E-state index is 11.4. The standard InChI is InChI=1S/C9H16N2O4/c1-10(2)6-4-7(8(12)15-3)11(5-6)9(13)14/h6-7H,4-5H2,1-3H3,(H,13,14)/t6-,7+/m1/s1. The molecule has 2 atom stereocenters. The molecule has 0 aromatic carbocycles. The van der Waals surface area contributed by atoms with Crippen LogP contribution in [0.4, 0.5) is 4.79 Å². The van der Waals surface area contributed by atoms with Crippen LogP contribution < -0.4 is 0 Å². The van der Waals surface area contributed by atoms with Gasteiger partial charge >= 0.3 is 12.1 Å². The van der Waals surface area contributed by atoms with Crippen LogP contribution >= 0.6 is 0 Å². The van der Waals surface area contributed by atoms with Crippen molar-refractivity contribution in [2.75, 3.05) is 27.7 Å². The molecule has 0 saturated carbocycles. The number of hydrogen-bond donors (Lipinski definition) is 1. The Morgan fingerprint density at radius 3 is 2.47 bits per heavy atom. The molecule has 0 aromatic heterocycles. The topological polar surface area (TPSA) is 70.1 Å². The smallest absolute Gasteiger partial charge is 0.408 e. The number of methoxy groups -OCH3 is 1. The molecule has 0 radical (unpaired) electrons. The number of carbonyl (C=O) groups is 2. The van der Waals surface area contributed by atoms with E-state index in [9.17, 15) is 9.59 Å². The van der Waals surface area contributed by atoms with Crippen molar-refractivity contribution in [3.63, 3.8) is 0 Å². The number of likely N-dealkylation sites (N-methyl/N-ethyl adjacent to an activating group) is 1. The summed E-state index contributed by atoms with van der Waals surface area (Å²) in [5, 5.41) is 8.93. The van der Waals surface area contributed by atoms with Crippen LogP contribution in [-0.4, -0.2) is 66.8 Å². The van der Waals surface area contributed by atoms with Crippen LogP contribution in [-0.2, 0) is 9.53 Å². The minimum Gasteiger partial charge on any atom is -0.467 e. The molecule has 1 saturated heterocycles. The molecule has 1 N–H and O–H groups in total. The third kappa shape index (κ3) is 2.38. The first-order chi connectivity index (χ1) is 6.97. The lowest BCUT2D eigenvalue weighted by Gasteiger charge is -2.19. The molecular formula is C9H16N2O4. The molecule has 15 heavy (non-hydrogen) atoms. The van der Waals surface area contributed by atoms with Crippen molar-refractivity contribution >= 4 is 12.1 Å². The van der Waals surface area contributed by atoms with E-state index < -0.39 is 18.1 Å². The molecule has 0 spiro atoms. The number of rotatable bonds is 2. The number of ether oxygens (including phenoxy) is 1. The van der Waals surface area contributed by atoms with Gasteiger partial charge in [0, 0.05) is 12.6 Å². The van der Waals surface area contributed by atoms with E-state index in [1.54, 1.807) is 0 Å². The molecule has 1 fully saturated rings. The highest BCUT2D eigenvalue weighted by Crippen LogP contribution is 2.21. The SMILES string of the molecule is COC(=O)[C@@H]1C[C@@H](N(C)C)CN1C(=O)O. The summed E-state index contributed by atoms with van der Waals surface area (Å²) >= 11 is 0. The molecule has 86 valence electrons. The van der Waals surface area contributed by atoms with Crippen LogP contribution in [0.5, 0.6) is 0 Å². The summed E-state index contributed by atoms with van der Waals surface area (Å²) in [6.07, 6.45) is -0.582. The van der Waals surface area contributed by atoms with Gasteiger partial charge in [0.2, 0.25) is 0 Å². The summed E-state index contributed by atoms with van der Waals surface area (Å²) in [7, 11) is 5.00. The summed E-state index contributed by atoms with van der Waals surface area (Å²) in [6, 6.07) is -0.593. The summed E-state index contributed by atoms with van der Waals surface area (Å²) in [5.74, 6) is -0.484. The zero-order valence-electron chi connectivity index (χ0n) is 9.14. The fourth-order valence-electron chi connectivity index (χ4n) is 1.76. The van der Waals surface area contributed by atoms with Gasteiger partial charge in [0.25, 0.3) is 0 Å². The van der Waals surface area contributed by atoms with Gasteiger partial charge in [0.05, 0.1) is 7.11 Å². The lowest BCUT2D eigenvalue weighted by molar-refractivity contribution is -0.145. The van der Waals surface area contributed by atoms with Crippen molar-refractivity contribution in [3.05, 3.63) is 0 Å². The van der Waals surface area contributed by atoms with E-state index in [-0.39, 0.29) is 6.04 Å². The lowest BCUT2D eigenvalue weighted by Crippen LogP contribution is -2.40. The largest absolute Gasteiger partial charge is 0.467 e. The van der Waals surface area contributed by atoms with Gasteiger partial charge in [-0.3, -0.25) is 4.90 Å². The first-order valence-electron chi connectivity index (χ1n) is 4.71. The number of carbonyl (C=O) groups excluding carboxylic acids is 1. The van der Waals surface area contributed by atoms with Gasteiger partial charge in [0.1, 0.15) is 6.04 Å². The second kappa shape index (κ2) is 4.48. The Balaban J connectivity index is 2.76. The zero-order chi connectivity index (χ0) is 11.6. The number of likely N-dealkylation sites (tertiary alicyclic amines) is 1. The molecule has 0 bridgehead atoms. The van der Waals surface area contributed by atoms with Crippen LogP contribution in [0.15, 0.2) is 0 Å². The first-order valence-corrected chi connectivity index (χ1v) is 4.71. The highest BCUT2D eigenvalue weighted by atomic mass is 16.5. The predicted molar refractivity (Wildman–Crippen MR) is 52.6 cm³/mol. The number of carboxylic acid groups (broad SMARTS) is 1. The van der Waals surface area contributed by atoms with Crippen molar-refractivity contribution in [2.24, 2.45) is 0 Å². The van der Waals surface area contributed by atoms with E-state index in [0.29, 0.717) is 13.0 Å². The fraction of sp³-hybridized carbons (Fsp3) is 0.778. The van der Waals surface area contributed by atoms with Gasteiger partial charge in [-0.25, -0.2) is 9.59 Å². The zero-order valence-corrected chi connectivity index (χ0v) is 9.14. The minimum atomic E-state index is -1.07. The van der Waals surface area contributed by atoms with Gasteiger partial charge in [0.15, 0.2) is 0 Å². The molecule has 0 unspecified atom stereocenters. The van der Waals surface area contributed by atoms with Crippen LogP contribution in [0.2, 0.25) is 0 Å². The Labute approximate surface area is 88.4 Å². The molecule has 0 aromatic rings. The van der Waals surface area contributed by atoms with E-state index in [1.165, 1.54) is 7.11 Å². The molecular weight excluding hydrogens is 200 g/mol. The van der Waals surface area contributed by atoms with Crippen molar-refractivity contribution in [3.8, 4) is 0 Å². The molecule has 6 nitrogen and oxygen atoms in total. The maximum Gasteiger partial charge on any atom is 0.408 e. The summed E-state index contributed by atoms with van der Waals surface area (Å²) < 4.78 is 4.58. The second-order valence-corrected chi connectivity index (χ2v) is 3.83. The number of nitrogens with zero attached hydrogens (tertiary/aromatic N) is 2. The van der Waals surface area contributed by atoms with E-state index in [2.05, 4.69) is 4.74 Å². The third-order valence-corrected chi connectivity index (χ3v) is 2.73. The Bertz CT molecular complexity index is 267. The average Bonchev–Trinajstić information content (AvgIpc) is 2.61. The summed E-state index contributed by atoms with van der Waals surface area (Å²) in [4.78, 5) is 25.3. The average molecular weight is 216 g/mol. The molecule has 1 amide bonds. The Kier molecular flexibility index (Phi) is 3.52. The predicted octanol–water partition coefficient (Wildman–Crippen LogP) is -0.158. The molecule has 1 heterocycles. The van der Waals surface area contributed by atoms with Crippen LogP contribution in [0, 0.1) is 0 Å². The Morgan fingerprint density at radius 2 is 2.07 bits per heavy atom. The highest BCUT2D eigenvalue weighted by Gasteiger charge is 2.41. The second-order valence-electron chi connectivity index (χ2n) is 3.83. The third-order valence-electron chi connectivity index (χ3n) is 2.73. The van der Waals surface area contributed by atoms with Gasteiger partial charge in [-0.05, 0) is 20.5 Å². The van der Waals surface area contributed by atoms with Gasteiger partial charge in [-0.2, -0.15) is 0 Å². The van der Waals surface area contributed by atoms with Crippen LogP contribution in [0.1, 0.15) is 6.42 Å². The maximum absolute atomic E-state index is 11.4. The minimum absolute atomic E-state index is 0.0743. The van der Waals surface area contributed by atoms with Crippen molar-refractivity contribution in [1.82, 2.24) is 9.80 Å². The molecule has 0 aliphatic carbocycles. The van der Waals surface area contributed by atoms with E-state index in [4.69, 9.17) is 5.11 Å².